The molecule has 3 aromatic rings. The van der Waals surface area contributed by atoms with Gasteiger partial charge in [-0.1, -0.05) is 17.7 Å². The molecule has 0 saturated carbocycles. The summed E-state index contributed by atoms with van der Waals surface area (Å²) in [5, 5.41) is -0.160. The van der Waals surface area contributed by atoms with Crippen LogP contribution in [0, 0.1) is 25.5 Å². The number of sulfone groups is 1. The average molecular weight is 427 g/mol. The second kappa shape index (κ2) is 7.52. The second-order valence-electron chi connectivity index (χ2n) is 6.39. The topological polar surface area (TPSA) is 72.0 Å². The van der Waals surface area contributed by atoms with Gasteiger partial charge in [-0.3, -0.25) is 0 Å². The zero-order chi connectivity index (χ0) is 20.6. The van der Waals surface area contributed by atoms with Gasteiger partial charge in [0.1, 0.15) is 17.4 Å². The molecule has 0 aliphatic rings. The van der Waals surface area contributed by atoms with E-state index in [9.17, 15) is 17.2 Å². The molecule has 1 heterocycles. The molecule has 0 aliphatic heterocycles. The molecule has 0 aliphatic carbocycles. The van der Waals surface area contributed by atoms with Crippen LogP contribution in [0.3, 0.4) is 0 Å². The fraction of sp³-hybridized carbons (Fsp3) is 0.211. The highest BCUT2D eigenvalue weighted by Crippen LogP contribution is 2.31. The lowest BCUT2D eigenvalue weighted by Crippen LogP contribution is -2.12. The SMILES string of the molecule is Cc1cc(OC(c2ccc(F)c(Cl)c2)c2nc(C)c(S(C)(=O)=O)[nH]2)ccc1F. The molecule has 1 atom stereocenters. The van der Waals surface area contributed by atoms with E-state index >= 15 is 0 Å². The van der Waals surface area contributed by atoms with E-state index in [-0.39, 0.29) is 27.4 Å². The zero-order valence-corrected chi connectivity index (χ0v) is 16.8. The minimum Gasteiger partial charge on any atom is -0.478 e. The van der Waals surface area contributed by atoms with E-state index in [1.165, 1.54) is 36.4 Å². The Hall–Kier alpha value is -2.45. The van der Waals surface area contributed by atoms with Gasteiger partial charge in [-0.2, -0.15) is 0 Å². The maximum atomic E-state index is 13.6. The van der Waals surface area contributed by atoms with E-state index in [1.807, 2.05) is 0 Å². The molecule has 0 fully saturated rings. The first kappa shape index (κ1) is 20.3. The maximum Gasteiger partial charge on any atom is 0.192 e. The molecule has 3 rings (SSSR count). The standard InChI is InChI=1S/C19H17ClF2N2O3S/c1-10-8-13(5-7-15(10)21)27-17(12-4-6-16(22)14(20)9-12)18-23-11(2)19(24-18)28(3,25)26/h4-9,17H,1-3H3,(H,23,24). The first-order valence-corrected chi connectivity index (χ1v) is 10.5. The number of ether oxygens (including phenoxy) is 1. The van der Waals surface area contributed by atoms with Gasteiger partial charge in [0, 0.05) is 11.8 Å². The molecule has 1 N–H and O–H groups in total. The fourth-order valence-electron chi connectivity index (χ4n) is 2.74. The number of imidazole rings is 1. The van der Waals surface area contributed by atoms with Gasteiger partial charge in [-0.25, -0.2) is 22.2 Å². The summed E-state index contributed by atoms with van der Waals surface area (Å²) in [7, 11) is -3.54. The summed E-state index contributed by atoms with van der Waals surface area (Å²) in [5.74, 6) is -0.460. The molecular formula is C19H17ClF2N2O3S. The molecule has 28 heavy (non-hydrogen) atoms. The Morgan fingerprint density at radius 2 is 1.79 bits per heavy atom. The van der Waals surface area contributed by atoms with Crippen LogP contribution < -0.4 is 4.74 Å². The van der Waals surface area contributed by atoms with Crippen molar-refractivity contribution in [1.82, 2.24) is 9.97 Å². The van der Waals surface area contributed by atoms with Crippen molar-refractivity contribution in [3.8, 4) is 5.75 Å². The summed E-state index contributed by atoms with van der Waals surface area (Å²) in [6, 6.07) is 8.20. The Morgan fingerprint density at radius 1 is 1.11 bits per heavy atom. The summed E-state index contributed by atoms with van der Waals surface area (Å²) in [5.41, 5.74) is 1.10. The Morgan fingerprint density at radius 3 is 2.36 bits per heavy atom. The van der Waals surface area contributed by atoms with E-state index < -0.39 is 21.8 Å². The van der Waals surface area contributed by atoms with E-state index in [0.717, 1.165) is 6.26 Å². The van der Waals surface area contributed by atoms with Crippen LogP contribution in [0.5, 0.6) is 5.75 Å². The third-order valence-electron chi connectivity index (χ3n) is 4.11. The summed E-state index contributed by atoms with van der Waals surface area (Å²) >= 11 is 5.90. The third-order valence-corrected chi connectivity index (χ3v) is 5.54. The molecule has 0 radical (unpaired) electrons. The van der Waals surface area contributed by atoms with Crippen molar-refractivity contribution in [2.75, 3.05) is 6.26 Å². The molecule has 148 valence electrons. The van der Waals surface area contributed by atoms with Crippen LogP contribution in [-0.2, 0) is 9.84 Å². The zero-order valence-electron chi connectivity index (χ0n) is 15.3. The van der Waals surface area contributed by atoms with Gasteiger partial charge in [-0.05, 0) is 49.7 Å². The molecule has 0 saturated heterocycles. The van der Waals surface area contributed by atoms with Crippen LogP contribution in [0.15, 0.2) is 41.4 Å². The van der Waals surface area contributed by atoms with Gasteiger partial charge in [0.15, 0.2) is 26.8 Å². The Kier molecular flexibility index (Phi) is 5.45. The van der Waals surface area contributed by atoms with E-state index in [4.69, 9.17) is 16.3 Å². The van der Waals surface area contributed by atoms with E-state index in [0.29, 0.717) is 16.9 Å². The highest BCUT2D eigenvalue weighted by atomic mass is 35.5. The average Bonchev–Trinajstić information content (AvgIpc) is 3.00. The maximum absolute atomic E-state index is 13.6. The Bertz CT molecular complexity index is 1150. The highest BCUT2D eigenvalue weighted by molar-refractivity contribution is 7.90. The van der Waals surface area contributed by atoms with Gasteiger partial charge in [-0.15, -0.1) is 0 Å². The van der Waals surface area contributed by atoms with Crippen LogP contribution >= 0.6 is 11.6 Å². The van der Waals surface area contributed by atoms with Crippen molar-refractivity contribution in [2.45, 2.75) is 25.0 Å². The van der Waals surface area contributed by atoms with Crippen molar-refractivity contribution in [2.24, 2.45) is 0 Å². The van der Waals surface area contributed by atoms with Gasteiger partial charge in [0.2, 0.25) is 0 Å². The van der Waals surface area contributed by atoms with Crippen molar-refractivity contribution in [3.63, 3.8) is 0 Å². The van der Waals surface area contributed by atoms with Gasteiger partial charge < -0.3 is 9.72 Å². The Labute approximate surface area is 166 Å². The summed E-state index contributed by atoms with van der Waals surface area (Å²) in [6.45, 7) is 3.14. The summed E-state index contributed by atoms with van der Waals surface area (Å²) < 4.78 is 57.0. The number of halogens is 3. The number of aromatic nitrogens is 2. The first-order valence-electron chi connectivity index (χ1n) is 8.20. The monoisotopic (exact) mass is 426 g/mol. The normalized spacial score (nSPS) is 12.8. The molecular weight excluding hydrogens is 410 g/mol. The lowest BCUT2D eigenvalue weighted by atomic mass is 10.1. The summed E-state index contributed by atoms with van der Waals surface area (Å²) in [6.07, 6.45) is 0.141. The van der Waals surface area contributed by atoms with E-state index in [2.05, 4.69) is 9.97 Å². The predicted molar refractivity (Wildman–Crippen MR) is 101 cm³/mol. The van der Waals surface area contributed by atoms with Gasteiger partial charge >= 0.3 is 0 Å². The molecule has 5 nitrogen and oxygen atoms in total. The first-order chi connectivity index (χ1) is 13.1. The molecule has 9 heteroatoms. The van der Waals surface area contributed by atoms with Gasteiger partial charge in [0.25, 0.3) is 0 Å². The van der Waals surface area contributed by atoms with Crippen LogP contribution in [0.1, 0.15) is 28.7 Å². The lowest BCUT2D eigenvalue weighted by Gasteiger charge is -2.18. The fourth-order valence-corrected chi connectivity index (χ4v) is 3.80. The molecule has 0 bridgehead atoms. The second-order valence-corrected chi connectivity index (χ2v) is 8.75. The third kappa shape index (κ3) is 4.18. The number of rotatable bonds is 5. The van der Waals surface area contributed by atoms with Gasteiger partial charge in [0.05, 0.1) is 10.7 Å². The van der Waals surface area contributed by atoms with Crippen LogP contribution in [-0.4, -0.2) is 24.6 Å². The largest absolute Gasteiger partial charge is 0.478 e. The Balaban J connectivity index is 2.11. The van der Waals surface area contributed by atoms with Crippen LogP contribution in [0.4, 0.5) is 8.78 Å². The number of aryl methyl sites for hydroxylation is 2. The quantitative estimate of drug-likeness (QED) is 0.650. The molecule has 1 aromatic heterocycles. The van der Waals surface area contributed by atoms with Crippen LogP contribution in [0.25, 0.3) is 0 Å². The lowest BCUT2D eigenvalue weighted by molar-refractivity contribution is 0.237. The minimum atomic E-state index is -3.54. The van der Waals surface area contributed by atoms with Crippen molar-refractivity contribution in [3.05, 3.63) is 75.7 Å². The molecule has 1 unspecified atom stereocenters. The number of hydrogen-bond donors (Lipinski definition) is 1. The summed E-state index contributed by atoms with van der Waals surface area (Å²) in [4.78, 5) is 7.04. The molecule has 0 spiro atoms. The van der Waals surface area contributed by atoms with Crippen molar-refractivity contribution < 1.29 is 21.9 Å². The number of hydrogen-bond acceptors (Lipinski definition) is 4. The highest BCUT2D eigenvalue weighted by Gasteiger charge is 2.25. The minimum absolute atomic E-state index is 0.0420. The van der Waals surface area contributed by atoms with Crippen molar-refractivity contribution in [1.29, 1.82) is 0 Å². The number of nitrogens with zero attached hydrogens (tertiary/aromatic N) is 1. The van der Waals surface area contributed by atoms with E-state index in [1.54, 1.807) is 13.8 Å². The number of benzene rings is 2. The number of H-pyrrole nitrogens is 1. The predicted octanol–water partition coefficient (Wildman–Crippen LogP) is 4.53. The molecule has 2 aromatic carbocycles. The number of nitrogens with one attached hydrogen (secondary N) is 1. The number of aromatic amines is 1. The molecule has 0 amide bonds. The van der Waals surface area contributed by atoms with Crippen LogP contribution in [0.2, 0.25) is 5.02 Å². The van der Waals surface area contributed by atoms with Crippen molar-refractivity contribution >= 4 is 21.4 Å². The smallest absolute Gasteiger partial charge is 0.192 e.